The normalized spacial score (nSPS) is 11.8. The maximum absolute atomic E-state index is 2.49. The average molecular weight is 1120 g/mol. The van der Waals surface area contributed by atoms with Crippen LogP contribution in [-0.4, -0.2) is 4.57 Å². The van der Waals surface area contributed by atoms with Crippen LogP contribution in [0.3, 0.4) is 0 Å². The van der Waals surface area contributed by atoms with Gasteiger partial charge in [-0.05, 0) is 165 Å². The SMILES string of the molecule is c1ccc(-c2ccc(N(c3cc(-c4ccc5c(c4)c4c6ccccc6c6ccccc6c4n5-c4ccccc4)cc(N(c4ccc(-c5ccccc5)cc4)c4ccc5sc6ccccc6c5c4)c3)c3ccc4sc5ccccc5c4c3)cc2)cc1. The Morgan fingerprint density at radius 1 is 0.224 bits per heavy atom. The van der Waals surface area contributed by atoms with Gasteiger partial charge in [0, 0.05) is 96.3 Å². The van der Waals surface area contributed by atoms with E-state index in [9.17, 15) is 0 Å². The second-order valence-corrected chi connectivity index (χ2v) is 24.2. The fraction of sp³-hybridized carbons (Fsp3) is 0. The number of para-hydroxylation sites is 1. The lowest BCUT2D eigenvalue weighted by molar-refractivity contribution is 1.19. The molecule has 0 amide bonds. The molecule has 398 valence electrons. The van der Waals surface area contributed by atoms with Crippen LogP contribution < -0.4 is 9.80 Å². The summed E-state index contributed by atoms with van der Waals surface area (Å²) in [5, 5.41) is 12.5. The highest BCUT2D eigenvalue weighted by Gasteiger charge is 2.24. The largest absolute Gasteiger partial charge is 0.310 e. The van der Waals surface area contributed by atoms with Gasteiger partial charge in [-0.2, -0.15) is 0 Å². The Morgan fingerprint density at radius 2 is 0.624 bits per heavy atom. The molecule has 3 nitrogen and oxygen atoms in total. The molecule has 14 aromatic carbocycles. The molecule has 0 radical (unpaired) electrons. The zero-order valence-corrected chi connectivity index (χ0v) is 47.7. The third kappa shape index (κ3) is 8.31. The van der Waals surface area contributed by atoms with Gasteiger partial charge in [-0.25, -0.2) is 0 Å². The standard InChI is InChI=1S/C80H51N3S2/c1-4-18-52(19-5-1)54-32-37-59(38-33-54)81(61-41-44-77-71(50-61)67-26-14-16-30-75(67)84-77)63-46-57(56-36-43-74-73(48-56)79-69-28-12-10-24-65(69)66-25-11-13-29-70(66)80(79)83(74)58-22-8-3-9-23-58)47-64(49-63)82(60-39-34-55(35-40-60)53-20-6-2-7-21-53)62-42-45-78-72(51-62)68-27-15-17-31-76(68)85-78/h1-51H. The van der Waals surface area contributed by atoms with Gasteiger partial charge in [-0.3, -0.25) is 0 Å². The van der Waals surface area contributed by atoms with Gasteiger partial charge < -0.3 is 14.4 Å². The Hall–Kier alpha value is -10.6. The minimum atomic E-state index is 1.04. The zero-order chi connectivity index (χ0) is 56.0. The van der Waals surface area contributed by atoms with Crippen LogP contribution >= 0.6 is 22.7 Å². The van der Waals surface area contributed by atoms with Gasteiger partial charge in [0.25, 0.3) is 0 Å². The first-order valence-electron chi connectivity index (χ1n) is 29.0. The van der Waals surface area contributed by atoms with E-state index in [2.05, 4.69) is 324 Å². The van der Waals surface area contributed by atoms with Crippen molar-refractivity contribution in [1.29, 1.82) is 0 Å². The molecule has 3 heterocycles. The minimum Gasteiger partial charge on any atom is -0.310 e. The second-order valence-electron chi connectivity index (χ2n) is 22.0. The van der Waals surface area contributed by atoms with Crippen molar-refractivity contribution >= 4 is 140 Å². The zero-order valence-electron chi connectivity index (χ0n) is 46.1. The summed E-state index contributed by atoms with van der Waals surface area (Å²) in [4.78, 5) is 4.94. The summed E-state index contributed by atoms with van der Waals surface area (Å²) in [6, 6.07) is 115. The molecule has 0 N–H and O–H groups in total. The monoisotopic (exact) mass is 1120 g/mol. The van der Waals surface area contributed by atoms with Crippen LogP contribution in [0.2, 0.25) is 0 Å². The Balaban J connectivity index is 0.956. The Kier molecular flexibility index (Phi) is 11.6. The van der Waals surface area contributed by atoms with Gasteiger partial charge in [0.15, 0.2) is 0 Å². The molecular weight excluding hydrogens is 1070 g/mol. The molecule has 0 spiro atoms. The molecule has 3 aromatic heterocycles. The molecule has 0 aliphatic rings. The molecule has 0 saturated heterocycles. The predicted octanol–water partition coefficient (Wildman–Crippen LogP) is 23.8. The molecule has 0 fully saturated rings. The first-order chi connectivity index (χ1) is 42.1. The van der Waals surface area contributed by atoms with Gasteiger partial charge >= 0.3 is 0 Å². The van der Waals surface area contributed by atoms with Crippen LogP contribution in [0.5, 0.6) is 0 Å². The third-order valence-electron chi connectivity index (χ3n) is 17.1. The van der Waals surface area contributed by atoms with Crippen LogP contribution in [0.1, 0.15) is 0 Å². The maximum atomic E-state index is 2.49. The molecule has 5 heteroatoms. The molecule has 17 rings (SSSR count). The van der Waals surface area contributed by atoms with Crippen LogP contribution in [0.4, 0.5) is 34.1 Å². The maximum Gasteiger partial charge on any atom is 0.0625 e. The number of hydrogen-bond donors (Lipinski definition) is 0. The quantitative estimate of drug-likeness (QED) is 0.126. The number of benzene rings is 14. The van der Waals surface area contributed by atoms with Crippen molar-refractivity contribution in [3.63, 3.8) is 0 Å². The van der Waals surface area contributed by atoms with Crippen molar-refractivity contribution in [3.8, 4) is 39.1 Å². The smallest absolute Gasteiger partial charge is 0.0625 e. The highest BCUT2D eigenvalue weighted by atomic mass is 32.1. The molecular formula is C80H51N3S2. The lowest BCUT2D eigenvalue weighted by Gasteiger charge is -2.30. The van der Waals surface area contributed by atoms with Crippen LogP contribution in [0.25, 0.3) is 123 Å². The van der Waals surface area contributed by atoms with Crippen molar-refractivity contribution in [1.82, 2.24) is 4.57 Å². The second kappa shape index (κ2) is 20.1. The van der Waals surface area contributed by atoms with E-state index in [0.29, 0.717) is 0 Å². The Labute approximate surface area is 500 Å². The summed E-state index contributed by atoms with van der Waals surface area (Å²) in [7, 11) is 0. The van der Waals surface area contributed by atoms with E-state index in [-0.39, 0.29) is 0 Å². The van der Waals surface area contributed by atoms with Crippen molar-refractivity contribution in [2.24, 2.45) is 0 Å². The van der Waals surface area contributed by atoms with Crippen LogP contribution in [-0.2, 0) is 0 Å². The molecule has 0 unspecified atom stereocenters. The number of anilines is 6. The van der Waals surface area contributed by atoms with Crippen molar-refractivity contribution in [2.75, 3.05) is 9.80 Å². The number of thiophene rings is 2. The Morgan fingerprint density at radius 3 is 1.15 bits per heavy atom. The fourth-order valence-electron chi connectivity index (χ4n) is 13.2. The van der Waals surface area contributed by atoms with Crippen LogP contribution in [0.15, 0.2) is 309 Å². The topological polar surface area (TPSA) is 11.4 Å². The summed E-state index contributed by atoms with van der Waals surface area (Å²) in [6.45, 7) is 0. The van der Waals surface area contributed by atoms with E-state index in [1.165, 1.54) is 100 Å². The lowest BCUT2D eigenvalue weighted by Crippen LogP contribution is -2.13. The third-order valence-corrected chi connectivity index (χ3v) is 19.4. The number of hydrogen-bond acceptors (Lipinski definition) is 4. The fourth-order valence-corrected chi connectivity index (χ4v) is 15.4. The number of rotatable bonds is 10. The first kappa shape index (κ1) is 49.1. The van der Waals surface area contributed by atoms with E-state index >= 15 is 0 Å². The van der Waals surface area contributed by atoms with E-state index in [1.807, 2.05) is 22.7 Å². The van der Waals surface area contributed by atoms with Crippen molar-refractivity contribution < 1.29 is 0 Å². The highest BCUT2D eigenvalue weighted by molar-refractivity contribution is 7.26. The summed E-state index contributed by atoms with van der Waals surface area (Å²) in [5.41, 5.74) is 16.8. The van der Waals surface area contributed by atoms with Gasteiger partial charge in [-0.1, -0.05) is 194 Å². The molecule has 0 bridgehead atoms. The average Bonchev–Trinajstić information content (AvgIpc) is 2.80. The molecule has 85 heavy (non-hydrogen) atoms. The lowest BCUT2D eigenvalue weighted by atomic mass is 9.95. The van der Waals surface area contributed by atoms with E-state index in [4.69, 9.17) is 0 Å². The summed E-state index contributed by atoms with van der Waals surface area (Å²) >= 11 is 3.71. The van der Waals surface area contributed by atoms with Gasteiger partial charge in [0.2, 0.25) is 0 Å². The predicted molar refractivity (Wildman–Crippen MR) is 367 cm³/mol. The van der Waals surface area contributed by atoms with Crippen molar-refractivity contribution in [2.45, 2.75) is 0 Å². The van der Waals surface area contributed by atoms with Crippen LogP contribution in [0, 0.1) is 0 Å². The molecule has 0 atom stereocenters. The number of fused-ring (bicyclic) bond motifs is 14. The van der Waals surface area contributed by atoms with E-state index < -0.39 is 0 Å². The Bertz CT molecular complexity index is 5190. The van der Waals surface area contributed by atoms with Gasteiger partial charge in [-0.15, -0.1) is 22.7 Å². The summed E-state index contributed by atoms with van der Waals surface area (Å²) in [6.07, 6.45) is 0. The van der Waals surface area contributed by atoms with Gasteiger partial charge in [0.05, 0.1) is 11.0 Å². The van der Waals surface area contributed by atoms with Crippen molar-refractivity contribution in [3.05, 3.63) is 309 Å². The number of nitrogens with zero attached hydrogens (tertiary/aromatic N) is 3. The minimum absolute atomic E-state index is 1.04. The first-order valence-corrected chi connectivity index (χ1v) is 30.6. The van der Waals surface area contributed by atoms with Gasteiger partial charge in [0.1, 0.15) is 0 Å². The molecule has 17 aromatic rings. The molecule has 0 aliphatic carbocycles. The summed E-state index contributed by atoms with van der Waals surface area (Å²) < 4.78 is 7.59. The highest BCUT2D eigenvalue weighted by Crippen LogP contribution is 2.49. The number of aromatic nitrogens is 1. The van der Waals surface area contributed by atoms with E-state index in [0.717, 1.165) is 56.5 Å². The molecule has 0 saturated carbocycles. The molecule has 0 aliphatic heterocycles. The van der Waals surface area contributed by atoms with E-state index in [1.54, 1.807) is 0 Å². The summed E-state index contributed by atoms with van der Waals surface area (Å²) in [5.74, 6) is 0.